The third-order valence-corrected chi connectivity index (χ3v) is 5.16. The van der Waals surface area contributed by atoms with Crippen molar-refractivity contribution in [1.29, 1.82) is 5.26 Å². The van der Waals surface area contributed by atoms with Gasteiger partial charge in [0.25, 0.3) is 5.91 Å². The Balaban J connectivity index is 2.14. The van der Waals surface area contributed by atoms with Crippen LogP contribution >= 0.6 is 15.9 Å². The van der Waals surface area contributed by atoms with E-state index >= 15 is 0 Å². The van der Waals surface area contributed by atoms with Crippen LogP contribution in [0.25, 0.3) is 0 Å². The summed E-state index contributed by atoms with van der Waals surface area (Å²) in [6, 6.07) is 8.02. The molecule has 1 fully saturated rings. The lowest BCUT2D eigenvalue weighted by molar-refractivity contribution is 0.0890. The molecule has 1 aliphatic rings. The number of carbonyl (C=O) groups is 1. The predicted octanol–water partition coefficient (Wildman–Crippen LogP) is 4.35. The van der Waals surface area contributed by atoms with E-state index in [4.69, 9.17) is 0 Å². The van der Waals surface area contributed by atoms with Crippen LogP contribution in [0.1, 0.15) is 54.9 Å². The first-order valence-corrected chi connectivity index (χ1v) is 8.29. The molecule has 21 heavy (non-hydrogen) atoms. The molecule has 1 aliphatic carbocycles. The van der Waals surface area contributed by atoms with Crippen molar-refractivity contribution in [3.8, 4) is 6.07 Å². The van der Waals surface area contributed by atoms with Gasteiger partial charge in [-0.05, 0) is 66.6 Å². The molecule has 0 saturated heterocycles. The maximum absolute atomic E-state index is 12.5. The Bertz CT molecular complexity index is 569. The topological polar surface area (TPSA) is 52.9 Å². The van der Waals surface area contributed by atoms with E-state index in [0.29, 0.717) is 11.5 Å². The average Bonchev–Trinajstić information content (AvgIpc) is 2.50. The molecule has 0 atom stereocenters. The number of nitrogens with zero attached hydrogens (tertiary/aromatic N) is 1. The molecule has 1 N–H and O–H groups in total. The number of nitriles is 1. The van der Waals surface area contributed by atoms with Crippen LogP contribution in [0, 0.1) is 24.2 Å². The molecule has 4 heteroatoms. The van der Waals surface area contributed by atoms with Gasteiger partial charge in [0, 0.05) is 4.47 Å². The van der Waals surface area contributed by atoms with Crippen LogP contribution < -0.4 is 5.32 Å². The van der Waals surface area contributed by atoms with Crippen LogP contribution in [-0.2, 0) is 0 Å². The highest BCUT2D eigenvalue weighted by molar-refractivity contribution is 9.10. The second-order valence-corrected chi connectivity index (χ2v) is 6.84. The Morgan fingerprint density at radius 2 is 2.14 bits per heavy atom. The van der Waals surface area contributed by atoms with Gasteiger partial charge in [0.1, 0.15) is 5.54 Å². The molecular weight excluding hydrogens is 328 g/mol. The lowest BCUT2D eigenvalue weighted by Gasteiger charge is -2.35. The molecule has 0 aromatic heterocycles. The standard InChI is InChI=1S/C17H21BrN2O/c1-3-13-6-8-17(11-19,9-7-13)20-16(21)14-10-12(2)4-5-15(14)18/h4-5,10,13H,3,6-9H2,1-2H3,(H,20,21). The van der Waals surface area contributed by atoms with Crippen molar-refractivity contribution in [3.63, 3.8) is 0 Å². The van der Waals surface area contributed by atoms with E-state index in [1.807, 2.05) is 25.1 Å². The van der Waals surface area contributed by atoms with E-state index in [1.54, 1.807) is 0 Å². The zero-order valence-corrected chi connectivity index (χ0v) is 14.2. The number of benzene rings is 1. The number of aryl methyl sites for hydroxylation is 1. The fourth-order valence-corrected chi connectivity index (χ4v) is 3.37. The van der Waals surface area contributed by atoms with E-state index in [9.17, 15) is 10.1 Å². The molecule has 0 aliphatic heterocycles. The van der Waals surface area contributed by atoms with Gasteiger partial charge in [-0.15, -0.1) is 0 Å². The molecule has 1 aromatic rings. The molecule has 0 spiro atoms. The van der Waals surface area contributed by atoms with Gasteiger partial charge in [-0.1, -0.05) is 25.0 Å². The van der Waals surface area contributed by atoms with Crippen molar-refractivity contribution in [1.82, 2.24) is 5.32 Å². The molecule has 0 unspecified atom stereocenters. The number of hydrogen-bond donors (Lipinski definition) is 1. The Kier molecular flexibility index (Phi) is 5.05. The van der Waals surface area contributed by atoms with Gasteiger partial charge in [-0.25, -0.2) is 0 Å². The molecule has 1 amide bonds. The van der Waals surface area contributed by atoms with Crippen molar-refractivity contribution in [3.05, 3.63) is 33.8 Å². The zero-order chi connectivity index (χ0) is 15.5. The van der Waals surface area contributed by atoms with Crippen molar-refractivity contribution >= 4 is 21.8 Å². The summed E-state index contributed by atoms with van der Waals surface area (Å²) in [6.45, 7) is 4.14. The molecule has 3 nitrogen and oxygen atoms in total. The summed E-state index contributed by atoms with van der Waals surface area (Å²) in [5.41, 5.74) is 0.928. The number of rotatable bonds is 3. The summed E-state index contributed by atoms with van der Waals surface area (Å²) >= 11 is 3.41. The van der Waals surface area contributed by atoms with Gasteiger partial charge < -0.3 is 5.32 Å². The first kappa shape index (κ1) is 16.0. The lowest BCUT2D eigenvalue weighted by atomic mass is 9.76. The number of halogens is 1. The zero-order valence-electron chi connectivity index (χ0n) is 12.6. The van der Waals surface area contributed by atoms with Crippen molar-refractivity contribution in [2.75, 3.05) is 0 Å². The summed E-state index contributed by atoms with van der Waals surface area (Å²) in [5, 5.41) is 12.5. The lowest BCUT2D eigenvalue weighted by Crippen LogP contribution is -2.49. The fourth-order valence-electron chi connectivity index (χ4n) is 2.94. The van der Waals surface area contributed by atoms with Crippen molar-refractivity contribution < 1.29 is 4.79 Å². The van der Waals surface area contributed by atoms with E-state index in [0.717, 1.165) is 42.1 Å². The van der Waals surface area contributed by atoms with Crippen LogP contribution in [0.4, 0.5) is 0 Å². The van der Waals surface area contributed by atoms with Gasteiger partial charge >= 0.3 is 0 Å². The van der Waals surface area contributed by atoms with E-state index in [-0.39, 0.29) is 5.91 Å². The largest absolute Gasteiger partial charge is 0.334 e. The Labute approximate surface area is 134 Å². The van der Waals surface area contributed by atoms with Gasteiger partial charge in [-0.3, -0.25) is 4.79 Å². The summed E-state index contributed by atoms with van der Waals surface area (Å²) < 4.78 is 0.765. The molecule has 2 rings (SSSR count). The Morgan fingerprint density at radius 1 is 1.48 bits per heavy atom. The number of hydrogen-bond acceptors (Lipinski definition) is 2. The van der Waals surface area contributed by atoms with E-state index in [2.05, 4.69) is 34.2 Å². The smallest absolute Gasteiger partial charge is 0.253 e. The average molecular weight is 349 g/mol. The number of carbonyl (C=O) groups excluding carboxylic acids is 1. The first-order valence-electron chi connectivity index (χ1n) is 7.49. The van der Waals surface area contributed by atoms with E-state index < -0.39 is 5.54 Å². The van der Waals surface area contributed by atoms with Crippen molar-refractivity contribution in [2.24, 2.45) is 5.92 Å². The third-order valence-electron chi connectivity index (χ3n) is 4.47. The first-order chi connectivity index (χ1) is 9.99. The highest BCUT2D eigenvalue weighted by atomic mass is 79.9. The molecular formula is C17H21BrN2O. The van der Waals surface area contributed by atoms with E-state index in [1.165, 1.54) is 0 Å². The maximum Gasteiger partial charge on any atom is 0.253 e. The normalized spacial score (nSPS) is 25.1. The van der Waals surface area contributed by atoms with Crippen LogP contribution in [0.3, 0.4) is 0 Å². The molecule has 112 valence electrons. The molecule has 1 saturated carbocycles. The number of amides is 1. The minimum atomic E-state index is -0.702. The monoisotopic (exact) mass is 348 g/mol. The third kappa shape index (κ3) is 3.65. The van der Waals surface area contributed by atoms with Gasteiger partial charge in [0.05, 0.1) is 11.6 Å². The minimum absolute atomic E-state index is 0.165. The van der Waals surface area contributed by atoms with Crippen molar-refractivity contribution in [2.45, 2.75) is 51.5 Å². The maximum atomic E-state index is 12.5. The number of nitrogens with one attached hydrogen (secondary N) is 1. The molecule has 0 heterocycles. The molecule has 0 radical (unpaired) electrons. The molecule has 1 aromatic carbocycles. The van der Waals surface area contributed by atoms with Gasteiger partial charge in [0.2, 0.25) is 0 Å². The Morgan fingerprint density at radius 3 is 2.71 bits per heavy atom. The minimum Gasteiger partial charge on any atom is -0.334 e. The summed E-state index contributed by atoms with van der Waals surface area (Å²) in [4.78, 5) is 12.5. The summed E-state index contributed by atoms with van der Waals surface area (Å²) in [5.74, 6) is 0.524. The highest BCUT2D eigenvalue weighted by Crippen LogP contribution is 2.33. The van der Waals surface area contributed by atoms with Gasteiger partial charge in [-0.2, -0.15) is 5.26 Å². The second kappa shape index (κ2) is 6.62. The van der Waals surface area contributed by atoms with Crippen LogP contribution in [0.15, 0.2) is 22.7 Å². The van der Waals surface area contributed by atoms with Crippen LogP contribution in [-0.4, -0.2) is 11.4 Å². The van der Waals surface area contributed by atoms with Crippen LogP contribution in [0.5, 0.6) is 0 Å². The second-order valence-electron chi connectivity index (χ2n) is 5.98. The fraction of sp³-hybridized carbons (Fsp3) is 0.529. The summed E-state index contributed by atoms with van der Waals surface area (Å²) in [6.07, 6.45) is 4.67. The highest BCUT2D eigenvalue weighted by Gasteiger charge is 2.36. The predicted molar refractivity (Wildman–Crippen MR) is 86.9 cm³/mol. The van der Waals surface area contributed by atoms with Crippen LogP contribution in [0.2, 0.25) is 0 Å². The van der Waals surface area contributed by atoms with Gasteiger partial charge in [0.15, 0.2) is 0 Å². The SMILES string of the molecule is CCC1CCC(C#N)(NC(=O)c2cc(C)ccc2Br)CC1. The Hall–Kier alpha value is -1.34. The summed E-state index contributed by atoms with van der Waals surface area (Å²) in [7, 11) is 0. The quantitative estimate of drug-likeness (QED) is 0.882. The molecule has 0 bridgehead atoms.